The summed E-state index contributed by atoms with van der Waals surface area (Å²) >= 11 is 3.73. The van der Waals surface area contributed by atoms with Gasteiger partial charge in [-0.3, -0.25) is 4.79 Å². The van der Waals surface area contributed by atoms with E-state index in [0.717, 1.165) is 60.1 Å². The summed E-state index contributed by atoms with van der Waals surface area (Å²) in [4.78, 5) is 14.1. The van der Waals surface area contributed by atoms with E-state index in [-0.39, 0.29) is 5.78 Å². The molecule has 0 atom stereocenters. The van der Waals surface area contributed by atoms with E-state index in [9.17, 15) is 4.79 Å². The molecule has 4 aromatic rings. The number of hydrogen-bond acceptors (Lipinski definition) is 1. The largest absolute Gasteiger partial charge is 0.289 e. The summed E-state index contributed by atoms with van der Waals surface area (Å²) in [5.74, 6) is 0.124. The molecule has 2 heteroatoms. The summed E-state index contributed by atoms with van der Waals surface area (Å²) in [6, 6.07) is 27.1. The van der Waals surface area contributed by atoms with Gasteiger partial charge in [0.05, 0.1) is 0 Å². The van der Waals surface area contributed by atoms with Crippen molar-refractivity contribution in [2.45, 2.75) is 13.8 Å². The summed E-state index contributed by atoms with van der Waals surface area (Å²) in [6.07, 6.45) is 0. The Hall–Kier alpha value is -3.23. The monoisotopic (exact) mass is 462 g/mol. The van der Waals surface area contributed by atoms with Gasteiger partial charge in [-0.25, -0.2) is 0 Å². The van der Waals surface area contributed by atoms with E-state index < -0.39 is 0 Å². The molecule has 0 aliphatic heterocycles. The zero-order chi connectivity index (χ0) is 21.3. The second-order valence-corrected chi connectivity index (χ2v) is 9.14. The fourth-order valence-electron chi connectivity index (χ4n) is 5.15. The average molecular weight is 463 g/mol. The van der Waals surface area contributed by atoms with Crippen LogP contribution < -0.4 is 0 Å². The highest BCUT2D eigenvalue weighted by Gasteiger charge is 2.40. The standard InChI is InChI=1S/C29H19BrO/c1-16-8-3-5-10-18(16)27-25-21-13-7-12-20-23(30)15-14-22(24(20)21)26(25)28(29(27)31)19-11-6-4-9-17(19)2/h3-15H,1-2H3. The van der Waals surface area contributed by atoms with Crippen molar-refractivity contribution < 1.29 is 4.79 Å². The Labute approximate surface area is 189 Å². The fourth-order valence-corrected chi connectivity index (χ4v) is 5.61. The molecule has 2 aliphatic rings. The highest BCUT2D eigenvalue weighted by molar-refractivity contribution is 9.10. The van der Waals surface area contributed by atoms with Crippen molar-refractivity contribution in [2.24, 2.45) is 0 Å². The molecule has 0 saturated carbocycles. The first kappa shape index (κ1) is 18.5. The number of allylic oxidation sites excluding steroid dienone is 4. The molecule has 0 aromatic heterocycles. The van der Waals surface area contributed by atoms with E-state index >= 15 is 0 Å². The maximum absolute atomic E-state index is 14.1. The van der Waals surface area contributed by atoms with Crippen LogP contribution in [0.25, 0.3) is 33.1 Å². The van der Waals surface area contributed by atoms with Crippen LogP contribution in [0.4, 0.5) is 0 Å². The molecule has 0 spiro atoms. The molecule has 0 amide bonds. The quantitative estimate of drug-likeness (QED) is 0.299. The summed E-state index contributed by atoms with van der Waals surface area (Å²) < 4.78 is 1.08. The molecule has 6 rings (SSSR count). The van der Waals surface area contributed by atoms with Gasteiger partial charge in [0.2, 0.25) is 0 Å². The second kappa shape index (κ2) is 6.63. The van der Waals surface area contributed by atoms with E-state index in [1.165, 1.54) is 10.8 Å². The lowest BCUT2D eigenvalue weighted by Crippen LogP contribution is -2.05. The average Bonchev–Trinajstić information content (AvgIpc) is 3.24. The number of halogens is 1. The van der Waals surface area contributed by atoms with Gasteiger partial charge in [-0.15, -0.1) is 0 Å². The SMILES string of the molecule is Cc1ccccc1C1=C2C(=C(c3ccccc3C)C1=O)c1ccc(Br)c3cccc2c13. The van der Waals surface area contributed by atoms with Gasteiger partial charge in [-0.2, -0.15) is 0 Å². The molecule has 4 aromatic carbocycles. The zero-order valence-electron chi connectivity index (χ0n) is 17.3. The van der Waals surface area contributed by atoms with Gasteiger partial charge in [-0.1, -0.05) is 88.7 Å². The molecular weight excluding hydrogens is 444 g/mol. The van der Waals surface area contributed by atoms with Gasteiger partial charge in [0, 0.05) is 26.8 Å². The minimum absolute atomic E-state index is 0.124. The van der Waals surface area contributed by atoms with E-state index in [4.69, 9.17) is 0 Å². The fraction of sp³-hybridized carbons (Fsp3) is 0.0690. The van der Waals surface area contributed by atoms with E-state index in [1.807, 2.05) is 24.3 Å². The Morgan fingerprint density at radius 3 is 1.65 bits per heavy atom. The third-order valence-corrected chi connectivity index (χ3v) is 7.25. The molecule has 31 heavy (non-hydrogen) atoms. The van der Waals surface area contributed by atoms with Crippen LogP contribution in [0.5, 0.6) is 0 Å². The number of carbonyl (C=O) groups excluding carboxylic acids is 1. The van der Waals surface area contributed by atoms with Crippen LogP contribution >= 0.6 is 15.9 Å². The third kappa shape index (κ3) is 2.46. The number of rotatable bonds is 2. The minimum Gasteiger partial charge on any atom is -0.289 e. The van der Waals surface area contributed by atoms with Gasteiger partial charge in [-0.05, 0) is 64.1 Å². The van der Waals surface area contributed by atoms with Crippen molar-refractivity contribution in [3.05, 3.63) is 117 Å². The predicted molar refractivity (Wildman–Crippen MR) is 133 cm³/mol. The van der Waals surface area contributed by atoms with Gasteiger partial charge < -0.3 is 0 Å². The lowest BCUT2D eigenvalue weighted by molar-refractivity contribution is -0.108. The topological polar surface area (TPSA) is 17.1 Å². The molecule has 0 heterocycles. The molecular formula is C29H19BrO. The van der Waals surface area contributed by atoms with Crippen LogP contribution in [-0.4, -0.2) is 5.78 Å². The zero-order valence-corrected chi connectivity index (χ0v) is 18.9. The lowest BCUT2D eigenvalue weighted by Gasteiger charge is -2.12. The van der Waals surface area contributed by atoms with Crippen molar-refractivity contribution in [1.29, 1.82) is 0 Å². The Morgan fingerprint density at radius 2 is 1.06 bits per heavy atom. The van der Waals surface area contributed by atoms with E-state index in [2.05, 4.69) is 84.4 Å². The number of aryl methyl sites for hydroxylation is 2. The molecule has 0 fully saturated rings. The van der Waals surface area contributed by atoms with Crippen molar-refractivity contribution in [3.63, 3.8) is 0 Å². The van der Waals surface area contributed by atoms with Crippen LogP contribution in [0, 0.1) is 13.8 Å². The molecule has 0 N–H and O–H groups in total. The summed E-state index contributed by atoms with van der Waals surface area (Å²) in [6.45, 7) is 4.17. The number of carbonyl (C=O) groups is 1. The number of fused-ring (bicyclic) bond motifs is 3. The molecule has 1 nitrogen and oxygen atoms in total. The van der Waals surface area contributed by atoms with Crippen molar-refractivity contribution in [3.8, 4) is 0 Å². The van der Waals surface area contributed by atoms with Crippen LogP contribution in [0.3, 0.4) is 0 Å². The van der Waals surface area contributed by atoms with E-state index in [1.54, 1.807) is 0 Å². The first-order valence-electron chi connectivity index (χ1n) is 10.5. The Kier molecular flexibility index (Phi) is 3.97. The highest BCUT2D eigenvalue weighted by Crippen LogP contribution is 2.57. The summed E-state index contributed by atoms with van der Waals surface area (Å²) in [5, 5.41) is 2.41. The van der Waals surface area contributed by atoms with Gasteiger partial charge in [0.1, 0.15) is 0 Å². The minimum atomic E-state index is 0.124. The van der Waals surface area contributed by atoms with Crippen molar-refractivity contribution >= 4 is 54.8 Å². The van der Waals surface area contributed by atoms with E-state index in [0.29, 0.717) is 0 Å². The van der Waals surface area contributed by atoms with Crippen LogP contribution in [0.2, 0.25) is 0 Å². The molecule has 0 radical (unpaired) electrons. The number of benzene rings is 4. The highest BCUT2D eigenvalue weighted by atomic mass is 79.9. The van der Waals surface area contributed by atoms with Gasteiger partial charge >= 0.3 is 0 Å². The second-order valence-electron chi connectivity index (χ2n) is 8.28. The Balaban J connectivity index is 1.79. The Bertz CT molecular complexity index is 1440. The number of Topliss-reactive ketones (excluding diaryl/α,β-unsaturated/α-hetero) is 1. The van der Waals surface area contributed by atoms with Crippen LogP contribution in [-0.2, 0) is 4.79 Å². The van der Waals surface area contributed by atoms with Gasteiger partial charge in [0.25, 0.3) is 0 Å². The van der Waals surface area contributed by atoms with Crippen molar-refractivity contribution in [1.82, 2.24) is 0 Å². The normalized spacial score (nSPS) is 14.7. The summed E-state index contributed by atoms with van der Waals surface area (Å²) in [7, 11) is 0. The first-order chi connectivity index (χ1) is 15.1. The predicted octanol–water partition coefficient (Wildman–Crippen LogP) is 7.64. The maximum Gasteiger partial charge on any atom is 0.195 e. The van der Waals surface area contributed by atoms with Gasteiger partial charge in [0.15, 0.2) is 5.78 Å². The first-order valence-corrected chi connectivity index (χ1v) is 11.2. The third-order valence-electron chi connectivity index (χ3n) is 6.56. The smallest absolute Gasteiger partial charge is 0.195 e. The number of hydrogen-bond donors (Lipinski definition) is 0. The number of ketones is 1. The maximum atomic E-state index is 14.1. The molecule has 2 aliphatic carbocycles. The Morgan fingerprint density at radius 1 is 0.548 bits per heavy atom. The lowest BCUT2D eigenvalue weighted by atomic mass is 9.90. The molecule has 0 saturated heterocycles. The molecule has 0 unspecified atom stereocenters. The van der Waals surface area contributed by atoms with Crippen LogP contribution in [0.1, 0.15) is 33.4 Å². The molecule has 148 valence electrons. The van der Waals surface area contributed by atoms with Crippen LogP contribution in [0.15, 0.2) is 83.3 Å². The van der Waals surface area contributed by atoms with Crippen molar-refractivity contribution in [2.75, 3.05) is 0 Å². The summed E-state index contributed by atoms with van der Waals surface area (Å²) in [5.41, 5.74) is 10.4. The molecule has 0 bridgehead atoms.